The summed E-state index contributed by atoms with van der Waals surface area (Å²) in [5, 5.41) is 9.10. The molecule has 7 heteroatoms. The number of ether oxygens (including phenoxy) is 1. The molecule has 0 unspecified atom stereocenters. The number of aromatic nitrogens is 3. The molecule has 3 aromatic rings. The molecule has 2 heterocycles. The van der Waals surface area contributed by atoms with Crippen LogP contribution in [0.2, 0.25) is 0 Å². The largest absolute Gasteiger partial charge is 0.494 e. The van der Waals surface area contributed by atoms with Gasteiger partial charge in [0.1, 0.15) is 10.8 Å². The van der Waals surface area contributed by atoms with Crippen LogP contribution in [-0.2, 0) is 0 Å². The summed E-state index contributed by atoms with van der Waals surface area (Å²) in [4.78, 5) is 4.45. The van der Waals surface area contributed by atoms with Crippen LogP contribution in [0.1, 0.15) is 0 Å². The van der Waals surface area contributed by atoms with E-state index in [2.05, 4.69) is 15.2 Å². The van der Waals surface area contributed by atoms with Crippen LogP contribution in [0, 0.1) is 5.82 Å². The fourth-order valence-corrected chi connectivity index (χ4v) is 2.68. The number of nitrogen functional groups attached to an aromatic ring is 1. The van der Waals surface area contributed by atoms with Crippen LogP contribution in [-0.4, -0.2) is 22.3 Å². The molecule has 0 bridgehead atoms. The first-order valence-corrected chi connectivity index (χ1v) is 6.65. The Morgan fingerprint density at radius 1 is 1.40 bits per heavy atom. The Kier molecular flexibility index (Phi) is 3.11. The van der Waals surface area contributed by atoms with E-state index in [-0.39, 0.29) is 5.75 Å². The maximum absolute atomic E-state index is 13.7. The fraction of sp³-hybridized carbons (Fsp3) is 0.0769. The third-order valence-corrected chi connectivity index (χ3v) is 3.73. The molecular weight excluding hydrogens is 279 g/mol. The summed E-state index contributed by atoms with van der Waals surface area (Å²) in [5.74, 6) is 0.262. The number of halogens is 1. The number of thiazole rings is 1. The second-order valence-electron chi connectivity index (χ2n) is 4.08. The standard InChI is InChI=1S/C13H11FN4OS/c1-19-11-3-2-7(4-9(11)14)10-6-20-13(17-10)8-5-16-18-12(8)15/h2-6H,1H3,(H3,15,16,18). The van der Waals surface area contributed by atoms with Crippen LogP contribution in [0.15, 0.2) is 29.8 Å². The molecule has 0 aliphatic heterocycles. The Labute approximate surface area is 118 Å². The van der Waals surface area contributed by atoms with Crippen LogP contribution in [0.5, 0.6) is 5.75 Å². The number of aromatic amines is 1. The highest BCUT2D eigenvalue weighted by atomic mass is 32.1. The molecule has 0 saturated heterocycles. The van der Waals surface area contributed by atoms with Crippen molar-refractivity contribution in [3.63, 3.8) is 0 Å². The van der Waals surface area contributed by atoms with E-state index >= 15 is 0 Å². The first-order valence-electron chi connectivity index (χ1n) is 5.77. The van der Waals surface area contributed by atoms with Gasteiger partial charge in [-0.1, -0.05) is 0 Å². The topological polar surface area (TPSA) is 76.8 Å². The predicted molar refractivity (Wildman–Crippen MR) is 76.1 cm³/mol. The Bertz CT molecular complexity index is 752. The summed E-state index contributed by atoms with van der Waals surface area (Å²) in [7, 11) is 1.43. The van der Waals surface area contributed by atoms with Crippen LogP contribution in [0.4, 0.5) is 10.2 Å². The van der Waals surface area contributed by atoms with E-state index in [0.29, 0.717) is 17.1 Å². The van der Waals surface area contributed by atoms with Crippen molar-refractivity contribution in [2.45, 2.75) is 0 Å². The quantitative estimate of drug-likeness (QED) is 0.777. The van der Waals surface area contributed by atoms with Gasteiger partial charge >= 0.3 is 0 Å². The van der Waals surface area contributed by atoms with Gasteiger partial charge in [-0.3, -0.25) is 5.10 Å². The lowest BCUT2D eigenvalue weighted by atomic mass is 10.1. The monoisotopic (exact) mass is 290 g/mol. The number of hydrogen-bond donors (Lipinski definition) is 2. The van der Waals surface area contributed by atoms with Crippen molar-refractivity contribution in [3.05, 3.63) is 35.6 Å². The number of nitrogens with two attached hydrogens (primary N) is 1. The van der Waals surface area contributed by atoms with Gasteiger partial charge in [-0.25, -0.2) is 9.37 Å². The first-order chi connectivity index (χ1) is 9.69. The minimum absolute atomic E-state index is 0.211. The van der Waals surface area contributed by atoms with Gasteiger partial charge in [0, 0.05) is 10.9 Å². The van der Waals surface area contributed by atoms with Crippen molar-refractivity contribution < 1.29 is 9.13 Å². The van der Waals surface area contributed by atoms with Crippen molar-refractivity contribution in [2.75, 3.05) is 12.8 Å². The summed E-state index contributed by atoms with van der Waals surface area (Å²) < 4.78 is 18.6. The van der Waals surface area contributed by atoms with Gasteiger partial charge < -0.3 is 10.5 Å². The SMILES string of the molecule is COc1ccc(-c2csc(-c3cn[nH]c3N)n2)cc1F. The fourth-order valence-electron chi connectivity index (χ4n) is 1.82. The number of benzene rings is 1. The molecule has 0 atom stereocenters. The minimum atomic E-state index is -0.414. The van der Waals surface area contributed by atoms with E-state index in [1.54, 1.807) is 18.3 Å². The Hall–Kier alpha value is -2.41. The molecule has 0 fully saturated rings. The maximum Gasteiger partial charge on any atom is 0.165 e. The van der Waals surface area contributed by atoms with Crippen molar-refractivity contribution >= 4 is 17.2 Å². The van der Waals surface area contributed by atoms with Gasteiger partial charge in [0.2, 0.25) is 0 Å². The highest BCUT2D eigenvalue weighted by Gasteiger charge is 2.12. The Balaban J connectivity index is 1.98. The summed E-state index contributed by atoms with van der Waals surface area (Å²) in [6, 6.07) is 4.74. The Morgan fingerprint density at radius 2 is 2.25 bits per heavy atom. The normalized spacial score (nSPS) is 10.7. The van der Waals surface area contributed by atoms with Gasteiger partial charge in [0.25, 0.3) is 0 Å². The summed E-state index contributed by atoms with van der Waals surface area (Å²) in [6.45, 7) is 0. The molecule has 1 aromatic carbocycles. The molecule has 0 saturated carbocycles. The molecule has 102 valence electrons. The number of rotatable bonds is 3. The predicted octanol–water partition coefficient (Wildman–Crippen LogP) is 2.93. The molecule has 0 amide bonds. The van der Waals surface area contributed by atoms with Gasteiger partial charge in [0.15, 0.2) is 11.6 Å². The molecule has 0 aliphatic rings. The van der Waals surface area contributed by atoms with E-state index in [4.69, 9.17) is 10.5 Å². The molecule has 3 N–H and O–H groups in total. The number of H-pyrrole nitrogens is 1. The maximum atomic E-state index is 13.7. The van der Waals surface area contributed by atoms with Crippen molar-refractivity contribution in [2.24, 2.45) is 0 Å². The first kappa shape index (κ1) is 12.6. The second kappa shape index (κ2) is 4.93. The molecule has 0 spiro atoms. The minimum Gasteiger partial charge on any atom is -0.494 e. The molecule has 3 rings (SSSR count). The molecule has 0 radical (unpaired) electrons. The van der Waals surface area contributed by atoms with E-state index < -0.39 is 5.82 Å². The average Bonchev–Trinajstić information content (AvgIpc) is 3.07. The van der Waals surface area contributed by atoms with Gasteiger partial charge in [0.05, 0.1) is 24.6 Å². The number of methoxy groups -OCH3 is 1. The van der Waals surface area contributed by atoms with E-state index in [0.717, 1.165) is 10.6 Å². The lowest BCUT2D eigenvalue weighted by molar-refractivity contribution is 0.386. The second-order valence-corrected chi connectivity index (χ2v) is 4.94. The van der Waals surface area contributed by atoms with E-state index in [1.165, 1.54) is 24.5 Å². The third-order valence-electron chi connectivity index (χ3n) is 2.85. The van der Waals surface area contributed by atoms with Crippen molar-refractivity contribution in [3.8, 4) is 27.6 Å². The van der Waals surface area contributed by atoms with Gasteiger partial charge in [-0.2, -0.15) is 5.10 Å². The lowest BCUT2D eigenvalue weighted by Crippen LogP contribution is -1.89. The molecule has 5 nitrogen and oxygen atoms in total. The molecule has 20 heavy (non-hydrogen) atoms. The summed E-state index contributed by atoms with van der Waals surface area (Å²) >= 11 is 1.43. The number of nitrogens with one attached hydrogen (secondary N) is 1. The zero-order valence-electron chi connectivity index (χ0n) is 10.6. The van der Waals surface area contributed by atoms with Crippen LogP contribution in [0.25, 0.3) is 21.8 Å². The highest BCUT2D eigenvalue weighted by Crippen LogP contribution is 2.32. The van der Waals surface area contributed by atoms with Gasteiger partial charge in [-0.15, -0.1) is 11.3 Å². The van der Waals surface area contributed by atoms with Gasteiger partial charge in [-0.05, 0) is 18.2 Å². The number of nitrogens with zero attached hydrogens (tertiary/aromatic N) is 2. The highest BCUT2D eigenvalue weighted by molar-refractivity contribution is 7.13. The Morgan fingerprint density at radius 3 is 2.90 bits per heavy atom. The van der Waals surface area contributed by atoms with Crippen LogP contribution < -0.4 is 10.5 Å². The van der Waals surface area contributed by atoms with Crippen LogP contribution in [0.3, 0.4) is 0 Å². The van der Waals surface area contributed by atoms with Crippen molar-refractivity contribution in [1.82, 2.24) is 15.2 Å². The lowest BCUT2D eigenvalue weighted by Gasteiger charge is -2.02. The third kappa shape index (κ3) is 2.12. The zero-order chi connectivity index (χ0) is 14.1. The molecular formula is C13H11FN4OS. The summed E-state index contributed by atoms with van der Waals surface area (Å²) in [5.41, 5.74) is 7.88. The molecule has 2 aromatic heterocycles. The molecule has 0 aliphatic carbocycles. The number of hydrogen-bond acceptors (Lipinski definition) is 5. The zero-order valence-corrected chi connectivity index (χ0v) is 11.4. The van der Waals surface area contributed by atoms with Crippen molar-refractivity contribution in [1.29, 1.82) is 0 Å². The average molecular weight is 290 g/mol. The number of anilines is 1. The summed E-state index contributed by atoms with van der Waals surface area (Å²) in [6.07, 6.45) is 1.62. The van der Waals surface area contributed by atoms with E-state index in [1.807, 2.05) is 5.38 Å². The van der Waals surface area contributed by atoms with E-state index in [9.17, 15) is 4.39 Å². The van der Waals surface area contributed by atoms with Crippen LogP contribution >= 0.6 is 11.3 Å². The smallest absolute Gasteiger partial charge is 0.165 e.